The van der Waals surface area contributed by atoms with E-state index in [4.69, 9.17) is 0 Å². The average Bonchev–Trinajstić information content (AvgIpc) is 3.50. The number of nitro groups is 1. The van der Waals surface area contributed by atoms with Crippen molar-refractivity contribution in [3.8, 4) is 0 Å². The molecule has 31 heavy (non-hydrogen) atoms. The molecule has 0 aliphatic rings. The van der Waals surface area contributed by atoms with E-state index in [2.05, 4.69) is 20.6 Å². The van der Waals surface area contributed by atoms with E-state index in [9.17, 15) is 14.9 Å². The molecular weight excluding hydrogens is 400 g/mol. The standard InChI is InChI=1S/C20H20N8O3/c1-2-25-11-16(7-21-25)12-26-13-18(8-22-26)24-20(29)17-5-3-15(4-6-17)10-27-14-19(9-23-27)28(30)31/h3-9,11,13-14H,2,10,12H2,1H3,(H,24,29). The number of nitrogens with one attached hydrogen (secondary N) is 1. The molecule has 11 heteroatoms. The van der Waals surface area contributed by atoms with Crippen molar-refractivity contribution in [2.75, 3.05) is 5.32 Å². The van der Waals surface area contributed by atoms with Gasteiger partial charge in [0.2, 0.25) is 0 Å². The van der Waals surface area contributed by atoms with Crippen LogP contribution in [0.3, 0.4) is 0 Å². The second kappa shape index (κ2) is 8.61. The summed E-state index contributed by atoms with van der Waals surface area (Å²) in [4.78, 5) is 22.8. The lowest BCUT2D eigenvalue weighted by molar-refractivity contribution is -0.385. The molecule has 0 saturated carbocycles. The van der Waals surface area contributed by atoms with Gasteiger partial charge in [-0.05, 0) is 24.6 Å². The van der Waals surface area contributed by atoms with E-state index >= 15 is 0 Å². The Balaban J connectivity index is 1.35. The monoisotopic (exact) mass is 420 g/mol. The first-order valence-electron chi connectivity index (χ1n) is 9.61. The van der Waals surface area contributed by atoms with Crippen molar-refractivity contribution in [1.82, 2.24) is 29.3 Å². The van der Waals surface area contributed by atoms with Gasteiger partial charge in [-0.15, -0.1) is 0 Å². The summed E-state index contributed by atoms with van der Waals surface area (Å²) >= 11 is 0. The van der Waals surface area contributed by atoms with E-state index in [1.807, 2.05) is 17.8 Å². The summed E-state index contributed by atoms with van der Waals surface area (Å²) in [6, 6.07) is 6.98. The van der Waals surface area contributed by atoms with Crippen LogP contribution in [0, 0.1) is 10.1 Å². The molecule has 0 radical (unpaired) electrons. The number of aryl methyl sites for hydroxylation is 1. The fraction of sp³-hybridized carbons (Fsp3) is 0.200. The second-order valence-corrected chi connectivity index (χ2v) is 6.94. The van der Waals surface area contributed by atoms with Crippen LogP contribution in [0.4, 0.5) is 11.4 Å². The number of aromatic nitrogens is 6. The Hall–Kier alpha value is -4.28. The van der Waals surface area contributed by atoms with Crippen molar-refractivity contribution < 1.29 is 9.72 Å². The third-order valence-electron chi connectivity index (χ3n) is 4.64. The maximum Gasteiger partial charge on any atom is 0.307 e. The summed E-state index contributed by atoms with van der Waals surface area (Å²) in [7, 11) is 0. The third-order valence-corrected chi connectivity index (χ3v) is 4.64. The SMILES string of the molecule is CCn1cc(Cn2cc(NC(=O)c3ccc(Cn4cc([N+](=O)[O-])cn4)cc3)cn2)cn1. The van der Waals surface area contributed by atoms with Gasteiger partial charge < -0.3 is 5.32 Å². The molecular formula is C20H20N8O3. The summed E-state index contributed by atoms with van der Waals surface area (Å²) in [5, 5.41) is 26.1. The van der Waals surface area contributed by atoms with Crippen molar-refractivity contribution in [2.45, 2.75) is 26.6 Å². The van der Waals surface area contributed by atoms with Crippen LogP contribution in [0.1, 0.15) is 28.4 Å². The lowest BCUT2D eigenvalue weighted by Gasteiger charge is -2.05. The number of nitrogens with zero attached hydrogens (tertiary/aromatic N) is 7. The molecule has 4 rings (SSSR count). The smallest absolute Gasteiger partial charge is 0.307 e. The van der Waals surface area contributed by atoms with Gasteiger partial charge in [0.1, 0.15) is 12.4 Å². The predicted molar refractivity (Wildman–Crippen MR) is 112 cm³/mol. The van der Waals surface area contributed by atoms with Gasteiger partial charge in [0, 0.05) is 30.1 Å². The van der Waals surface area contributed by atoms with Crippen molar-refractivity contribution in [1.29, 1.82) is 0 Å². The first kappa shape index (κ1) is 20.0. The van der Waals surface area contributed by atoms with E-state index in [1.165, 1.54) is 17.1 Å². The molecule has 0 bridgehead atoms. The zero-order valence-corrected chi connectivity index (χ0v) is 16.8. The molecule has 158 valence electrons. The number of hydrogen-bond donors (Lipinski definition) is 1. The van der Waals surface area contributed by atoms with E-state index in [0.717, 1.165) is 17.7 Å². The average molecular weight is 420 g/mol. The Morgan fingerprint density at radius 2 is 1.61 bits per heavy atom. The van der Waals surface area contributed by atoms with Crippen LogP contribution in [-0.2, 0) is 19.6 Å². The molecule has 3 aromatic heterocycles. The van der Waals surface area contributed by atoms with Crippen molar-refractivity contribution in [3.05, 3.63) is 88.3 Å². The van der Waals surface area contributed by atoms with Crippen LogP contribution in [0.2, 0.25) is 0 Å². The predicted octanol–water partition coefficient (Wildman–Crippen LogP) is 2.55. The van der Waals surface area contributed by atoms with Gasteiger partial charge in [0.15, 0.2) is 0 Å². The lowest BCUT2D eigenvalue weighted by atomic mass is 10.1. The zero-order chi connectivity index (χ0) is 21.8. The Kier molecular flexibility index (Phi) is 5.56. The topological polar surface area (TPSA) is 126 Å². The van der Waals surface area contributed by atoms with E-state index in [1.54, 1.807) is 47.5 Å². The molecule has 1 aromatic carbocycles. The maximum atomic E-state index is 12.5. The van der Waals surface area contributed by atoms with Crippen LogP contribution in [0.15, 0.2) is 61.4 Å². The molecule has 0 atom stereocenters. The third kappa shape index (κ3) is 4.83. The minimum atomic E-state index is -0.489. The highest BCUT2D eigenvalue weighted by Gasteiger charge is 2.11. The molecule has 4 aromatic rings. The quantitative estimate of drug-likeness (QED) is 0.345. The number of carbonyl (C=O) groups excluding carboxylic acids is 1. The van der Waals surface area contributed by atoms with Gasteiger partial charge in [0.05, 0.1) is 36.1 Å². The largest absolute Gasteiger partial charge is 0.319 e. The molecule has 0 saturated heterocycles. The Bertz CT molecular complexity index is 1210. The van der Waals surface area contributed by atoms with Gasteiger partial charge in [0.25, 0.3) is 5.91 Å². The summed E-state index contributed by atoms with van der Waals surface area (Å²) in [5.74, 6) is -0.250. The minimum Gasteiger partial charge on any atom is -0.319 e. The number of rotatable bonds is 8. The van der Waals surface area contributed by atoms with E-state index in [0.29, 0.717) is 24.3 Å². The van der Waals surface area contributed by atoms with Crippen molar-refractivity contribution in [3.63, 3.8) is 0 Å². The number of benzene rings is 1. The number of carbonyl (C=O) groups is 1. The summed E-state index contributed by atoms with van der Waals surface area (Å²) in [6.07, 6.45) is 9.69. The first-order valence-corrected chi connectivity index (χ1v) is 9.61. The van der Waals surface area contributed by atoms with Crippen LogP contribution in [0.5, 0.6) is 0 Å². The zero-order valence-electron chi connectivity index (χ0n) is 16.8. The number of amides is 1. The molecule has 0 aliphatic carbocycles. The molecule has 11 nitrogen and oxygen atoms in total. The lowest BCUT2D eigenvalue weighted by Crippen LogP contribution is -2.11. The van der Waals surface area contributed by atoms with Crippen LogP contribution in [0.25, 0.3) is 0 Å². The summed E-state index contributed by atoms with van der Waals surface area (Å²) in [5.41, 5.74) is 2.93. The Morgan fingerprint density at radius 3 is 2.29 bits per heavy atom. The van der Waals surface area contributed by atoms with Crippen molar-refractivity contribution in [2.24, 2.45) is 0 Å². The second-order valence-electron chi connectivity index (χ2n) is 6.94. The first-order chi connectivity index (χ1) is 15.0. The van der Waals surface area contributed by atoms with Crippen LogP contribution < -0.4 is 5.32 Å². The highest BCUT2D eigenvalue weighted by atomic mass is 16.6. The van der Waals surface area contributed by atoms with Crippen molar-refractivity contribution >= 4 is 17.3 Å². The highest BCUT2D eigenvalue weighted by molar-refractivity contribution is 6.04. The minimum absolute atomic E-state index is 0.0595. The van der Waals surface area contributed by atoms with Crippen LogP contribution >= 0.6 is 0 Å². The molecule has 1 N–H and O–H groups in total. The Morgan fingerprint density at radius 1 is 0.935 bits per heavy atom. The van der Waals surface area contributed by atoms with Crippen LogP contribution in [-0.4, -0.2) is 40.2 Å². The van der Waals surface area contributed by atoms with Gasteiger partial charge in [-0.25, -0.2) is 0 Å². The van der Waals surface area contributed by atoms with Gasteiger partial charge >= 0.3 is 5.69 Å². The van der Waals surface area contributed by atoms with Gasteiger partial charge in [-0.3, -0.25) is 29.0 Å². The van der Waals surface area contributed by atoms with Gasteiger partial charge in [-0.1, -0.05) is 12.1 Å². The molecule has 0 unspecified atom stereocenters. The number of hydrogen-bond acceptors (Lipinski definition) is 6. The molecule has 1 amide bonds. The number of anilines is 1. The highest BCUT2D eigenvalue weighted by Crippen LogP contribution is 2.13. The van der Waals surface area contributed by atoms with E-state index in [-0.39, 0.29) is 11.6 Å². The normalized spacial score (nSPS) is 10.9. The molecule has 0 fully saturated rings. The molecule has 3 heterocycles. The fourth-order valence-corrected chi connectivity index (χ4v) is 3.05. The molecule has 0 spiro atoms. The summed E-state index contributed by atoms with van der Waals surface area (Å²) in [6.45, 7) is 3.77. The fourth-order valence-electron chi connectivity index (χ4n) is 3.05. The summed E-state index contributed by atoms with van der Waals surface area (Å²) < 4.78 is 5.06. The maximum absolute atomic E-state index is 12.5. The Labute approximate surface area is 177 Å². The molecule has 0 aliphatic heterocycles. The van der Waals surface area contributed by atoms with E-state index < -0.39 is 4.92 Å². The van der Waals surface area contributed by atoms with Gasteiger partial charge in [-0.2, -0.15) is 15.3 Å².